The first kappa shape index (κ1) is 11.7. The number of benzene rings is 1. The second-order valence-corrected chi connectivity index (χ2v) is 4.88. The van der Waals surface area contributed by atoms with E-state index in [1.165, 1.54) is 22.7 Å². The van der Waals surface area contributed by atoms with Gasteiger partial charge in [-0.25, -0.2) is 19.9 Å². The number of aromatic nitrogens is 5. The van der Waals surface area contributed by atoms with Crippen LogP contribution in [0.4, 0.5) is 5.69 Å². The van der Waals surface area contributed by atoms with Crippen LogP contribution in [0.1, 0.15) is 0 Å². The Bertz CT molecular complexity index is 808. The molecule has 8 heteroatoms. The van der Waals surface area contributed by atoms with Crippen molar-refractivity contribution in [3.63, 3.8) is 0 Å². The Labute approximate surface area is 111 Å². The van der Waals surface area contributed by atoms with Gasteiger partial charge in [-0.3, -0.25) is 4.57 Å². The van der Waals surface area contributed by atoms with Gasteiger partial charge in [0.05, 0.1) is 5.52 Å². The van der Waals surface area contributed by atoms with Crippen LogP contribution in [0.25, 0.3) is 10.9 Å². The van der Waals surface area contributed by atoms with Gasteiger partial charge >= 0.3 is 5.69 Å². The van der Waals surface area contributed by atoms with Gasteiger partial charge in [0.15, 0.2) is 5.16 Å². The van der Waals surface area contributed by atoms with Crippen molar-refractivity contribution in [3.8, 4) is 0 Å². The van der Waals surface area contributed by atoms with Crippen molar-refractivity contribution in [3.05, 3.63) is 35.0 Å². The van der Waals surface area contributed by atoms with Crippen LogP contribution in [0.3, 0.4) is 0 Å². The van der Waals surface area contributed by atoms with E-state index in [1.807, 2.05) is 12.1 Å². The highest BCUT2D eigenvalue weighted by molar-refractivity contribution is 7.99. The van der Waals surface area contributed by atoms with E-state index >= 15 is 0 Å². The van der Waals surface area contributed by atoms with Gasteiger partial charge in [-0.15, -0.1) is 5.10 Å². The SMILES string of the molecule is Cn1c(Sc2ncnc3ccc(N)cc23)n[nH]c1=O. The van der Waals surface area contributed by atoms with E-state index in [0.717, 1.165) is 10.9 Å². The number of H-pyrrole nitrogens is 1. The molecule has 0 radical (unpaired) electrons. The fourth-order valence-electron chi connectivity index (χ4n) is 1.64. The molecule has 2 heterocycles. The number of aromatic amines is 1. The normalized spacial score (nSPS) is 11.0. The lowest BCUT2D eigenvalue weighted by Gasteiger charge is -2.04. The molecular weight excluding hydrogens is 264 g/mol. The molecule has 0 fully saturated rings. The van der Waals surface area contributed by atoms with E-state index in [4.69, 9.17) is 5.73 Å². The predicted octanol–water partition coefficient (Wildman–Crippen LogP) is 0.785. The molecule has 0 aliphatic heterocycles. The summed E-state index contributed by atoms with van der Waals surface area (Å²) in [6.45, 7) is 0. The number of nitrogen functional groups attached to an aromatic ring is 1. The third-order valence-electron chi connectivity index (χ3n) is 2.65. The molecule has 0 atom stereocenters. The van der Waals surface area contributed by atoms with E-state index in [-0.39, 0.29) is 5.69 Å². The molecule has 2 aromatic heterocycles. The van der Waals surface area contributed by atoms with Crippen molar-refractivity contribution in [2.24, 2.45) is 7.05 Å². The maximum absolute atomic E-state index is 11.3. The van der Waals surface area contributed by atoms with Gasteiger partial charge < -0.3 is 5.73 Å². The molecule has 0 aliphatic carbocycles. The summed E-state index contributed by atoms with van der Waals surface area (Å²) >= 11 is 1.29. The highest BCUT2D eigenvalue weighted by atomic mass is 32.2. The van der Waals surface area contributed by atoms with Crippen LogP contribution in [-0.4, -0.2) is 24.7 Å². The lowest BCUT2D eigenvalue weighted by molar-refractivity contribution is 0.765. The molecule has 0 bridgehead atoms. The van der Waals surface area contributed by atoms with Crippen LogP contribution in [0, 0.1) is 0 Å². The quantitative estimate of drug-likeness (QED) is 0.529. The molecule has 0 saturated heterocycles. The minimum Gasteiger partial charge on any atom is -0.399 e. The summed E-state index contributed by atoms with van der Waals surface area (Å²) in [4.78, 5) is 19.7. The molecule has 19 heavy (non-hydrogen) atoms. The molecule has 7 nitrogen and oxygen atoms in total. The van der Waals surface area contributed by atoms with Gasteiger partial charge in [0, 0.05) is 18.1 Å². The summed E-state index contributed by atoms with van der Waals surface area (Å²) in [5, 5.41) is 8.40. The molecule has 0 aliphatic rings. The summed E-state index contributed by atoms with van der Waals surface area (Å²) in [5.74, 6) is 0. The standard InChI is InChI=1S/C11H10N6OS/c1-17-10(18)15-16-11(17)19-9-7-4-6(12)2-3-8(7)13-5-14-9/h2-5H,12H2,1H3,(H,15,18). The number of hydrogen-bond donors (Lipinski definition) is 2. The number of rotatable bonds is 2. The fraction of sp³-hybridized carbons (Fsp3) is 0.0909. The van der Waals surface area contributed by atoms with Crippen LogP contribution in [-0.2, 0) is 7.05 Å². The van der Waals surface area contributed by atoms with Crippen LogP contribution >= 0.6 is 11.8 Å². The maximum Gasteiger partial charge on any atom is 0.343 e. The van der Waals surface area contributed by atoms with Crippen molar-refractivity contribution in [2.45, 2.75) is 10.2 Å². The minimum absolute atomic E-state index is 0.264. The van der Waals surface area contributed by atoms with E-state index < -0.39 is 0 Å². The Morgan fingerprint density at radius 2 is 2.21 bits per heavy atom. The van der Waals surface area contributed by atoms with Crippen LogP contribution < -0.4 is 11.4 Å². The topological polar surface area (TPSA) is 102 Å². The predicted molar refractivity (Wildman–Crippen MR) is 71.9 cm³/mol. The summed E-state index contributed by atoms with van der Waals surface area (Å²) in [6.07, 6.45) is 1.48. The number of nitrogens with one attached hydrogen (secondary N) is 1. The van der Waals surface area contributed by atoms with Crippen molar-refractivity contribution < 1.29 is 0 Å². The zero-order valence-electron chi connectivity index (χ0n) is 9.99. The number of fused-ring (bicyclic) bond motifs is 1. The average Bonchev–Trinajstić information content (AvgIpc) is 2.71. The van der Waals surface area contributed by atoms with Gasteiger partial charge in [-0.05, 0) is 30.0 Å². The molecule has 96 valence electrons. The molecule has 0 saturated carbocycles. The summed E-state index contributed by atoms with van der Waals surface area (Å²) in [7, 11) is 1.64. The average molecular weight is 274 g/mol. The zero-order valence-corrected chi connectivity index (χ0v) is 10.8. The first-order valence-corrected chi connectivity index (χ1v) is 6.26. The summed E-state index contributed by atoms with van der Waals surface area (Å²) in [5.41, 5.74) is 6.95. The minimum atomic E-state index is -0.264. The Morgan fingerprint density at radius 1 is 1.37 bits per heavy atom. The fourth-order valence-corrected chi connectivity index (χ4v) is 2.50. The molecule has 3 rings (SSSR count). The largest absolute Gasteiger partial charge is 0.399 e. The number of nitrogens with two attached hydrogens (primary N) is 1. The van der Waals surface area contributed by atoms with Crippen molar-refractivity contribution in [1.82, 2.24) is 24.7 Å². The van der Waals surface area contributed by atoms with Crippen LogP contribution in [0.5, 0.6) is 0 Å². The third kappa shape index (κ3) is 2.06. The molecule has 1 aromatic carbocycles. The molecule has 3 N–H and O–H groups in total. The maximum atomic E-state index is 11.3. The molecule has 3 aromatic rings. The van der Waals surface area contributed by atoms with Gasteiger partial charge in [-0.2, -0.15) is 0 Å². The number of hydrogen-bond acceptors (Lipinski definition) is 6. The Hall–Kier alpha value is -2.35. The van der Waals surface area contributed by atoms with Crippen LogP contribution in [0.15, 0.2) is 39.5 Å². The highest BCUT2D eigenvalue weighted by Gasteiger charge is 2.11. The molecular formula is C11H10N6OS. The second kappa shape index (κ2) is 4.39. The van der Waals surface area contributed by atoms with Gasteiger partial charge in [0.25, 0.3) is 0 Å². The molecule has 0 spiro atoms. The second-order valence-electron chi connectivity index (χ2n) is 3.93. The smallest absolute Gasteiger partial charge is 0.343 e. The lowest BCUT2D eigenvalue weighted by atomic mass is 10.2. The van der Waals surface area contributed by atoms with Gasteiger partial charge in [-0.1, -0.05) is 0 Å². The molecule has 0 amide bonds. The first-order chi connectivity index (χ1) is 9.15. The van der Waals surface area contributed by atoms with E-state index in [0.29, 0.717) is 15.9 Å². The van der Waals surface area contributed by atoms with Crippen molar-refractivity contribution in [2.75, 3.05) is 5.73 Å². The van der Waals surface area contributed by atoms with Gasteiger partial charge in [0.1, 0.15) is 11.4 Å². The summed E-state index contributed by atoms with van der Waals surface area (Å²) < 4.78 is 1.42. The monoisotopic (exact) mass is 274 g/mol. The summed E-state index contributed by atoms with van der Waals surface area (Å²) in [6, 6.07) is 5.43. The van der Waals surface area contributed by atoms with Crippen molar-refractivity contribution >= 4 is 28.4 Å². The molecule has 0 unspecified atom stereocenters. The Balaban J connectivity index is 2.12. The number of nitrogens with zero attached hydrogens (tertiary/aromatic N) is 4. The van der Waals surface area contributed by atoms with Crippen LogP contribution in [0.2, 0.25) is 0 Å². The van der Waals surface area contributed by atoms with Crippen molar-refractivity contribution in [1.29, 1.82) is 0 Å². The Kier molecular flexibility index (Phi) is 2.71. The first-order valence-electron chi connectivity index (χ1n) is 5.44. The zero-order chi connectivity index (χ0) is 13.4. The third-order valence-corrected chi connectivity index (χ3v) is 3.72. The number of anilines is 1. The lowest BCUT2D eigenvalue weighted by Crippen LogP contribution is -2.12. The highest BCUT2D eigenvalue weighted by Crippen LogP contribution is 2.29. The van der Waals surface area contributed by atoms with E-state index in [9.17, 15) is 4.79 Å². The Morgan fingerprint density at radius 3 is 2.95 bits per heavy atom. The van der Waals surface area contributed by atoms with E-state index in [1.54, 1.807) is 13.1 Å². The van der Waals surface area contributed by atoms with Gasteiger partial charge in [0.2, 0.25) is 0 Å². The van der Waals surface area contributed by atoms with E-state index in [2.05, 4.69) is 20.2 Å².